The Kier molecular flexibility index (Phi) is 9.17. The Hall–Kier alpha value is -8.92. The number of para-hydroxylation sites is 2. The van der Waals surface area contributed by atoms with Gasteiger partial charge in [-0.15, -0.1) is 0 Å². The van der Waals surface area contributed by atoms with Gasteiger partial charge in [0.25, 0.3) is 0 Å². The molecule has 0 spiro atoms. The fraction of sp³-hybridized carbons (Fsp3) is 0. The van der Waals surface area contributed by atoms with Crippen molar-refractivity contribution in [2.45, 2.75) is 0 Å². The molecule has 0 atom stereocenters. The van der Waals surface area contributed by atoms with Crippen molar-refractivity contribution in [3.8, 4) is 55.6 Å². The molecule has 11 aromatic carbocycles. The number of benzene rings is 11. The van der Waals surface area contributed by atoms with Gasteiger partial charge in [-0.2, -0.15) is 0 Å². The summed E-state index contributed by atoms with van der Waals surface area (Å²) in [6.45, 7) is 0. The predicted molar refractivity (Wildman–Crippen MR) is 280 cm³/mol. The fourth-order valence-corrected chi connectivity index (χ4v) is 10.1. The van der Waals surface area contributed by atoms with E-state index in [0.29, 0.717) is 0 Å². The van der Waals surface area contributed by atoms with Crippen LogP contribution in [-0.2, 0) is 0 Å². The van der Waals surface area contributed by atoms with E-state index in [1.165, 1.54) is 22.3 Å². The van der Waals surface area contributed by atoms with Crippen molar-refractivity contribution in [3.63, 3.8) is 0 Å². The highest BCUT2D eigenvalue weighted by Crippen LogP contribution is 2.46. The van der Waals surface area contributed by atoms with E-state index < -0.39 is 0 Å². The Balaban J connectivity index is 0.952. The number of hydrogen-bond acceptors (Lipinski definition) is 3. The molecular weight excluding hydrogens is 815 g/mol. The number of rotatable bonds is 8. The number of hydrogen-bond donors (Lipinski definition) is 0. The Morgan fingerprint density at radius 3 is 1.60 bits per heavy atom. The zero-order chi connectivity index (χ0) is 44.3. The van der Waals surface area contributed by atoms with Crippen molar-refractivity contribution in [2.75, 3.05) is 4.90 Å². The molecule has 314 valence electrons. The van der Waals surface area contributed by atoms with Crippen LogP contribution in [0.15, 0.2) is 258 Å². The van der Waals surface area contributed by atoms with Crippen LogP contribution in [0.2, 0.25) is 0 Å². The second kappa shape index (κ2) is 16.0. The summed E-state index contributed by atoms with van der Waals surface area (Å²) in [6.07, 6.45) is 0. The van der Waals surface area contributed by atoms with Crippen LogP contribution in [-0.4, -0.2) is 0 Å². The normalized spacial score (nSPS) is 11.6. The molecule has 2 aromatic heterocycles. The van der Waals surface area contributed by atoms with Crippen molar-refractivity contribution in [1.82, 2.24) is 0 Å². The van der Waals surface area contributed by atoms with Gasteiger partial charge < -0.3 is 13.7 Å². The maximum atomic E-state index is 6.70. The van der Waals surface area contributed by atoms with Gasteiger partial charge in [0.1, 0.15) is 22.3 Å². The molecule has 0 fully saturated rings. The maximum Gasteiger partial charge on any atom is 0.143 e. The molecule has 0 saturated heterocycles. The highest BCUT2D eigenvalue weighted by atomic mass is 16.3. The van der Waals surface area contributed by atoms with E-state index in [1.54, 1.807) is 0 Å². The highest BCUT2D eigenvalue weighted by molar-refractivity contribution is 6.20. The van der Waals surface area contributed by atoms with Gasteiger partial charge >= 0.3 is 0 Å². The molecule has 0 aliphatic rings. The topological polar surface area (TPSA) is 29.5 Å². The number of furan rings is 2. The lowest BCUT2D eigenvalue weighted by Crippen LogP contribution is -2.11. The van der Waals surface area contributed by atoms with Crippen LogP contribution in [0.4, 0.5) is 17.1 Å². The highest BCUT2D eigenvalue weighted by Gasteiger charge is 2.22. The van der Waals surface area contributed by atoms with Crippen LogP contribution in [0.3, 0.4) is 0 Å². The molecule has 0 bridgehead atoms. The summed E-state index contributed by atoms with van der Waals surface area (Å²) in [5.74, 6) is 0. The fourth-order valence-electron chi connectivity index (χ4n) is 10.1. The zero-order valence-electron chi connectivity index (χ0n) is 36.4. The molecule has 13 aromatic rings. The summed E-state index contributed by atoms with van der Waals surface area (Å²) >= 11 is 0. The van der Waals surface area contributed by atoms with Crippen molar-refractivity contribution >= 4 is 71.7 Å². The van der Waals surface area contributed by atoms with Gasteiger partial charge in [0.05, 0.1) is 5.69 Å². The van der Waals surface area contributed by atoms with Gasteiger partial charge in [0.15, 0.2) is 0 Å². The summed E-state index contributed by atoms with van der Waals surface area (Å²) in [6, 6.07) is 89.0. The van der Waals surface area contributed by atoms with E-state index in [9.17, 15) is 0 Å². The Labute approximate surface area is 388 Å². The summed E-state index contributed by atoms with van der Waals surface area (Å²) in [4.78, 5) is 2.39. The van der Waals surface area contributed by atoms with Crippen LogP contribution in [0, 0.1) is 0 Å². The van der Waals surface area contributed by atoms with Gasteiger partial charge in [-0.3, -0.25) is 0 Å². The van der Waals surface area contributed by atoms with Crippen LogP contribution < -0.4 is 4.90 Å². The van der Waals surface area contributed by atoms with Crippen LogP contribution in [0.25, 0.3) is 110 Å². The SMILES string of the molecule is c1ccc(-c2ccc(-c3ccc(N(c4ccc(-c5ccc6oc7ccccc7c6c5)cc4)c4ccccc4-c4cccc5oc6c7ccccc7ccc6c45)cc3)cc2-c2ccccc2)cc1. The monoisotopic (exact) mass is 855 g/mol. The third-order valence-corrected chi connectivity index (χ3v) is 13.3. The minimum atomic E-state index is 0.870. The standard InChI is InChI=1S/C64H41NO2/c1-3-14-44(15-4-1)51-37-31-47(40-57(51)45-16-5-2-6-17-45)42-26-33-49(34-27-42)65(50-35-28-43(29-36-50)48-32-39-61-58(41-48)54-21-10-12-24-60(54)66-61)59-23-11-9-20-53(59)55-22-13-25-62-63(55)56-38-30-46-18-7-8-19-52(46)64(56)67-62/h1-41H. The first-order valence-electron chi connectivity index (χ1n) is 22.8. The summed E-state index contributed by atoms with van der Waals surface area (Å²) in [5.41, 5.74) is 18.4. The first-order valence-corrected chi connectivity index (χ1v) is 22.8. The van der Waals surface area contributed by atoms with E-state index in [0.717, 1.165) is 105 Å². The third-order valence-electron chi connectivity index (χ3n) is 13.3. The largest absolute Gasteiger partial charge is 0.456 e. The minimum absolute atomic E-state index is 0.870. The van der Waals surface area contributed by atoms with Gasteiger partial charge in [0, 0.05) is 43.9 Å². The lowest BCUT2D eigenvalue weighted by Gasteiger charge is -2.28. The molecule has 3 nitrogen and oxygen atoms in total. The first-order chi connectivity index (χ1) is 33.2. The predicted octanol–water partition coefficient (Wildman–Crippen LogP) is 18.4. The lowest BCUT2D eigenvalue weighted by atomic mass is 9.91. The molecule has 0 aliphatic heterocycles. The molecule has 0 radical (unpaired) electrons. The van der Waals surface area contributed by atoms with Crippen molar-refractivity contribution in [2.24, 2.45) is 0 Å². The van der Waals surface area contributed by atoms with Gasteiger partial charge in [-0.05, 0) is 122 Å². The average molecular weight is 856 g/mol. The zero-order valence-corrected chi connectivity index (χ0v) is 36.4. The summed E-state index contributed by atoms with van der Waals surface area (Å²) < 4.78 is 12.9. The van der Waals surface area contributed by atoms with Crippen LogP contribution in [0.5, 0.6) is 0 Å². The first kappa shape index (κ1) is 38.5. The van der Waals surface area contributed by atoms with Crippen molar-refractivity contribution in [1.29, 1.82) is 0 Å². The molecule has 0 aliphatic carbocycles. The van der Waals surface area contributed by atoms with E-state index >= 15 is 0 Å². The maximum absolute atomic E-state index is 6.70. The molecule has 3 heteroatoms. The molecular formula is C64H41NO2. The lowest BCUT2D eigenvalue weighted by molar-refractivity contribution is 0.669. The second-order valence-corrected chi connectivity index (χ2v) is 17.2. The van der Waals surface area contributed by atoms with Crippen LogP contribution in [0.1, 0.15) is 0 Å². The van der Waals surface area contributed by atoms with E-state index in [-0.39, 0.29) is 0 Å². The quantitative estimate of drug-likeness (QED) is 0.152. The Morgan fingerprint density at radius 1 is 0.269 bits per heavy atom. The summed E-state index contributed by atoms with van der Waals surface area (Å²) in [5, 5.41) is 6.73. The molecule has 0 saturated carbocycles. The van der Waals surface area contributed by atoms with E-state index in [2.05, 4.69) is 241 Å². The van der Waals surface area contributed by atoms with Crippen molar-refractivity contribution < 1.29 is 8.83 Å². The minimum Gasteiger partial charge on any atom is -0.456 e. The molecule has 67 heavy (non-hydrogen) atoms. The average Bonchev–Trinajstić information content (AvgIpc) is 3.98. The molecule has 0 unspecified atom stereocenters. The number of anilines is 3. The molecule has 13 rings (SSSR count). The number of fused-ring (bicyclic) bond motifs is 8. The van der Waals surface area contributed by atoms with Crippen LogP contribution >= 0.6 is 0 Å². The number of nitrogens with zero attached hydrogens (tertiary/aromatic N) is 1. The smallest absolute Gasteiger partial charge is 0.143 e. The molecule has 0 N–H and O–H groups in total. The van der Waals surface area contributed by atoms with Gasteiger partial charge in [-0.1, -0.05) is 182 Å². The third kappa shape index (κ3) is 6.67. The Bertz CT molecular complexity index is 3960. The van der Waals surface area contributed by atoms with Gasteiger partial charge in [-0.25, -0.2) is 0 Å². The van der Waals surface area contributed by atoms with Crippen molar-refractivity contribution in [3.05, 3.63) is 249 Å². The molecule has 0 amide bonds. The van der Waals surface area contributed by atoms with Gasteiger partial charge in [0.2, 0.25) is 0 Å². The van der Waals surface area contributed by atoms with E-state index in [4.69, 9.17) is 8.83 Å². The Morgan fingerprint density at radius 2 is 0.836 bits per heavy atom. The second-order valence-electron chi connectivity index (χ2n) is 17.2. The molecule has 2 heterocycles. The van der Waals surface area contributed by atoms with E-state index in [1.807, 2.05) is 12.1 Å². The summed E-state index contributed by atoms with van der Waals surface area (Å²) in [7, 11) is 0.